The zero-order valence-corrected chi connectivity index (χ0v) is 29.2. The van der Waals surface area contributed by atoms with Crippen molar-refractivity contribution in [3.05, 3.63) is 47.0 Å². The van der Waals surface area contributed by atoms with Crippen LogP contribution in [0.3, 0.4) is 0 Å². The zero-order valence-electron chi connectivity index (χ0n) is 28.2. The van der Waals surface area contributed by atoms with Gasteiger partial charge in [-0.3, -0.25) is 14.4 Å². The van der Waals surface area contributed by atoms with Gasteiger partial charge >= 0.3 is 11.9 Å². The Hall–Kier alpha value is -2.66. The number of ketones is 2. The Morgan fingerprint density at radius 3 is 2.18 bits per heavy atom. The van der Waals surface area contributed by atoms with Crippen molar-refractivity contribution in [3.8, 4) is 0 Å². The summed E-state index contributed by atoms with van der Waals surface area (Å²) in [5, 5.41) is 13.4. The lowest BCUT2D eigenvalue weighted by atomic mass is 9.42. The lowest BCUT2D eigenvalue weighted by Crippen LogP contribution is -2.80. The van der Waals surface area contributed by atoms with Gasteiger partial charge in [0, 0.05) is 24.2 Å². The van der Waals surface area contributed by atoms with E-state index in [1.807, 2.05) is 47.3 Å². The van der Waals surface area contributed by atoms with Crippen LogP contribution in [0.1, 0.15) is 71.7 Å². The number of benzene rings is 1. The first-order chi connectivity index (χ1) is 20.7. The lowest BCUT2D eigenvalue weighted by Gasteiger charge is -2.68. The Bertz CT molecular complexity index is 1440. The van der Waals surface area contributed by atoms with E-state index < -0.39 is 72.4 Å². The van der Waals surface area contributed by atoms with Crippen LogP contribution in [-0.4, -0.2) is 73.0 Å². The molecular formula is C35H48O9Si. The Kier molecular flexibility index (Phi) is 8.21. The Morgan fingerprint density at radius 2 is 1.67 bits per heavy atom. The highest BCUT2D eigenvalue weighted by atomic mass is 28.4. The molecule has 1 N–H and O–H groups in total. The minimum absolute atomic E-state index is 0.0330. The number of ether oxygens (including phenoxy) is 3. The van der Waals surface area contributed by atoms with Crippen LogP contribution in [-0.2, 0) is 33.0 Å². The van der Waals surface area contributed by atoms with Crippen LogP contribution < -0.4 is 0 Å². The van der Waals surface area contributed by atoms with Crippen LogP contribution >= 0.6 is 0 Å². The molecule has 2 saturated carbocycles. The number of aliphatic hydroxyl groups is 1. The molecule has 9 nitrogen and oxygen atoms in total. The van der Waals surface area contributed by atoms with Crippen molar-refractivity contribution in [2.24, 2.45) is 28.6 Å². The molecule has 1 aromatic carbocycles. The second kappa shape index (κ2) is 11.0. The van der Waals surface area contributed by atoms with Crippen molar-refractivity contribution in [2.45, 2.75) is 110 Å². The molecule has 4 aliphatic rings. The topological polar surface area (TPSA) is 125 Å². The first-order valence-corrected chi connectivity index (χ1v) is 19.4. The number of esters is 2. The second-order valence-corrected chi connectivity index (χ2v) is 19.9. The lowest BCUT2D eigenvalue weighted by molar-refractivity contribution is -0.339. The number of hydrogen-bond acceptors (Lipinski definition) is 9. The van der Waals surface area contributed by atoms with E-state index in [2.05, 4.69) is 0 Å². The molecule has 0 radical (unpaired) electrons. The van der Waals surface area contributed by atoms with E-state index >= 15 is 4.79 Å². The fourth-order valence-electron chi connectivity index (χ4n) is 8.93. The molecule has 5 rings (SSSR count). The average molecular weight is 641 g/mol. The van der Waals surface area contributed by atoms with E-state index in [1.165, 1.54) is 13.8 Å². The first kappa shape index (κ1) is 33.7. The van der Waals surface area contributed by atoms with Crippen molar-refractivity contribution < 1.29 is 42.9 Å². The molecule has 3 fully saturated rings. The highest BCUT2D eigenvalue weighted by Crippen LogP contribution is 2.66. The Labute approximate surface area is 267 Å². The van der Waals surface area contributed by atoms with Gasteiger partial charge in [-0.1, -0.05) is 45.9 Å². The van der Waals surface area contributed by atoms with Gasteiger partial charge in [0.1, 0.15) is 23.6 Å². The van der Waals surface area contributed by atoms with Crippen LogP contribution in [0.15, 0.2) is 41.5 Å². The average Bonchev–Trinajstić information content (AvgIpc) is 2.92. The summed E-state index contributed by atoms with van der Waals surface area (Å²) >= 11 is 0. The smallest absolute Gasteiger partial charge is 0.338 e. The van der Waals surface area contributed by atoms with Gasteiger partial charge in [-0.15, -0.1) is 0 Å². The first-order valence-electron chi connectivity index (χ1n) is 16.0. The zero-order chi connectivity index (χ0) is 33.5. The molecule has 246 valence electrons. The minimum Gasteiger partial charge on any atom is -0.455 e. The van der Waals surface area contributed by atoms with E-state index in [1.54, 1.807) is 37.3 Å². The maximum atomic E-state index is 15.3. The predicted octanol–water partition coefficient (Wildman–Crippen LogP) is 5.06. The normalized spacial score (nSPS) is 39.0. The van der Waals surface area contributed by atoms with Gasteiger partial charge in [0.05, 0.1) is 30.1 Å². The van der Waals surface area contributed by atoms with Crippen molar-refractivity contribution in [3.63, 3.8) is 0 Å². The molecule has 1 heterocycles. The standard InChI is InChI=1S/C35H48O9Si/c1-19-16-25-34(18-41-25,43-22(4)37)28-30(42-31(39)23-14-12-11-13-15-23)35(40)17-24(44-45(8,9)10)20(2)27(32(35,5)6)26(21(3)36)29(38)33(19,28)7/h11-15,19,24-26,28,30,40H,16-18H2,1-10H3/t19-,24-,25+,26+,28-,30-,33+,34-,35+/m0/s1. The van der Waals surface area contributed by atoms with Crippen molar-refractivity contribution in [1.82, 2.24) is 0 Å². The molecule has 1 saturated heterocycles. The Morgan fingerprint density at radius 1 is 1.04 bits per heavy atom. The molecule has 0 unspecified atom stereocenters. The number of Topliss-reactive ketones (excluding diaryl/α,β-unsaturated/α-hetero) is 2. The predicted molar refractivity (Wildman–Crippen MR) is 169 cm³/mol. The van der Waals surface area contributed by atoms with Crippen LogP contribution in [0.2, 0.25) is 19.6 Å². The molecule has 3 aliphatic carbocycles. The molecule has 2 bridgehead atoms. The summed E-state index contributed by atoms with van der Waals surface area (Å²) in [4.78, 5) is 55.8. The fraction of sp³-hybridized carbons (Fsp3) is 0.657. The summed E-state index contributed by atoms with van der Waals surface area (Å²) in [7, 11) is -2.24. The van der Waals surface area contributed by atoms with Crippen molar-refractivity contribution >= 4 is 31.8 Å². The van der Waals surface area contributed by atoms with Gasteiger partial charge in [0.15, 0.2) is 19.7 Å². The van der Waals surface area contributed by atoms with E-state index in [0.29, 0.717) is 12.0 Å². The number of rotatable bonds is 6. The summed E-state index contributed by atoms with van der Waals surface area (Å²) in [6, 6.07) is 8.49. The second-order valence-electron chi connectivity index (χ2n) is 15.4. The SMILES string of the molecule is CC(=O)O[C@@]12CO[C@@H]1C[C@H](C)[C@@]1(C)C(=O)[C@H](C(C)=O)C3=C(C)[C@@H](O[Si](C)(C)C)C[C@@](O)([C@@H](OC(=O)c4ccccc4)[C@H]21)C3(C)C. The van der Waals surface area contributed by atoms with Gasteiger partial charge in [-0.05, 0) is 69.1 Å². The molecular weight excluding hydrogens is 592 g/mol. The summed E-state index contributed by atoms with van der Waals surface area (Å²) < 4.78 is 25.3. The van der Waals surface area contributed by atoms with E-state index in [9.17, 15) is 19.5 Å². The third kappa shape index (κ3) is 4.98. The summed E-state index contributed by atoms with van der Waals surface area (Å²) in [5.41, 5.74) is -4.27. The van der Waals surface area contributed by atoms with Gasteiger partial charge in [0.2, 0.25) is 0 Å². The van der Waals surface area contributed by atoms with E-state index in [0.717, 1.165) is 5.57 Å². The monoisotopic (exact) mass is 640 g/mol. The minimum atomic E-state index is -2.24. The fourth-order valence-corrected chi connectivity index (χ4v) is 10.0. The van der Waals surface area contributed by atoms with Crippen molar-refractivity contribution in [1.29, 1.82) is 0 Å². The maximum absolute atomic E-state index is 15.3. The molecule has 0 aromatic heterocycles. The van der Waals surface area contributed by atoms with Crippen molar-refractivity contribution in [2.75, 3.05) is 6.61 Å². The van der Waals surface area contributed by atoms with Crippen LogP contribution in [0, 0.1) is 28.6 Å². The van der Waals surface area contributed by atoms with Gasteiger partial charge in [-0.25, -0.2) is 4.79 Å². The number of fused-ring (bicyclic) bond motifs is 5. The molecule has 9 atom stereocenters. The quantitative estimate of drug-likeness (QED) is 0.197. The summed E-state index contributed by atoms with van der Waals surface area (Å²) in [5.74, 6) is -4.49. The number of carbonyl (C=O) groups is 4. The van der Waals surface area contributed by atoms with Gasteiger partial charge < -0.3 is 23.7 Å². The molecule has 45 heavy (non-hydrogen) atoms. The molecule has 0 spiro atoms. The van der Waals surface area contributed by atoms with Gasteiger partial charge in [-0.2, -0.15) is 0 Å². The Balaban J connectivity index is 1.87. The van der Waals surface area contributed by atoms with E-state index in [-0.39, 0.29) is 36.1 Å². The van der Waals surface area contributed by atoms with Crippen LogP contribution in [0.5, 0.6) is 0 Å². The molecule has 10 heteroatoms. The van der Waals surface area contributed by atoms with Crippen LogP contribution in [0.4, 0.5) is 0 Å². The van der Waals surface area contributed by atoms with Crippen LogP contribution in [0.25, 0.3) is 0 Å². The highest BCUT2D eigenvalue weighted by Gasteiger charge is 2.77. The largest absolute Gasteiger partial charge is 0.455 e. The van der Waals surface area contributed by atoms with Gasteiger partial charge in [0.25, 0.3) is 0 Å². The number of carbonyl (C=O) groups excluding carboxylic acids is 4. The molecule has 0 amide bonds. The number of hydrogen-bond donors (Lipinski definition) is 1. The third-order valence-electron chi connectivity index (χ3n) is 11.3. The summed E-state index contributed by atoms with van der Waals surface area (Å²) in [6.45, 7) is 18.0. The molecule has 1 aromatic rings. The maximum Gasteiger partial charge on any atom is 0.338 e. The van der Waals surface area contributed by atoms with E-state index in [4.69, 9.17) is 18.6 Å². The third-order valence-corrected chi connectivity index (χ3v) is 12.3. The highest BCUT2D eigenvalue weighted by molar-refractivity contribution is 6.69. The molecule has 1 aliphatic heterocycles. The summed E-state index contributed by atoms with van der Waals surface area (Å²) in [6.07, 6.45) is -2.13.